The number of ether oxygens (including phenoxy) is 1. The quantitative estimate of drug-likeness (QED) is 0.365. The molecule has 3 nitrogen and oxygen atoms in total. The van der Waals surface area contributed by atoms with E-state index in [1.54, 1.807) is 0 Å². The first kappa shape index (κ1) is 12.2. The normalized spacial score (nSPS) is 12.2. The number of hydrogen-bond donors (Lipinski definition) is 1. The molecule has 0 aliphatic carbocycles. The predicted molar refractivity (Wildman–Crippen MR) is 52.0 cm³/mol. The molecule has 0 saturated heterocycles. The number of allylic oxidation sites excluding steroid dienone is 1. The summed E-state index contributed by atoms with van der Waals surface area (Å²) in [4.78, 5) is 11.1. The van der Waals surface area contributed by atoms with Crippen molar-refractivity contribution in [3.05, 3.63) is 12.7 Å². The molecule has 0 spiro atoms. The van der Waals surface area contributed by atoms with Crippen LogP contribution in [0.1, 0.15) is 32.6 Å². The second-order valence-electron chi connectivity index (χ2n) is 3.02. The van der Waals surface area contributed by atoms with Crippen molar-refractivity contribution < 1.29 is 15.3 Å². The summed E-state index contributed by atoms with van der Waals surface area (Å²) >= 11 is 0. The Bertz CT molecular complexity index is 157. The molecule has 0 aromatic carbocycles. The Morgan fingerprint density at radius 1 is 1.62 bits per heavy atom. The zero-order valence-electron chi connectivity index (χ0n) is 8.42. The van der Waals surface area contributed by atoms with Crippen molar-refractivity contribution in [2.45, 2.75) is 38.6 Å². The summed E-state index contributed by atoms with van der Waals surface area (Å²) in [5.74, 6) is -0.180. The average Bonchev–Trinajstić information content (AvgIpc) is 2.12. The molecular weight excluding hydrogens is 166 g/mol. The van der Waals surface area contributed by atoms with Crippen LogP contribution in [0.3, 0.4) is 0 Å². The van der Waals surface area contributed by atoms with Gasteiger partial charge in [-0.1, -0.05) is 6.08 Å². The molecule has 3 N–H and O–H groups in total. The average molecular weight is 186 g/mol. The maximum Gasteiger partial charge on any atom is 0.364 e. The Hall–Kier alpha value is -0.830. The monoisotopic (exact) mass is 186 g/mol. The molecule has 3 heteroatoms. The number of quaternary nitrogens is 1. The van der Waals surface area contributed by atoms with E-state index in [1.807, 2.05) is 13.0 Å². The number of carbonyl (C=O) groups excluding carboxylic acids is 1. The highest BCUT2D eigenvalue weighted by Crippen LogP contribution is 2.02. The molecule has 0 aromatic heterocycles. The Balaban J connectivity index is 3.43. The van der Waals surface area contributed by atoms with Gasteiger partial charge >= 0.3 is 5.97 Å². The standard InChI is InChI=1S/C10H19NO2/c1-3-5-6-7-8-9(11)10(12)13-4-2/h3,9H,1,4-8,11H2,2H3/p+1/t9-/m0/s1. The maximum absolute atomic E-state index is 11.1. The van der Waals surface area contributed by atoms with E-state index >= 15 is 0 Å². The molecule has 0 saturated carbocycles. The van der Waals surface area contributed by atoms with Gasteiger partial charge in [-0.25, -0.2) is 4.79 Å². The fraction of sp³-hybridized carbons (Fsp3) is 0.700. The number of carbonyl (C=O) groups is 1. The summed E-state index contributed by atoms with van der Waals surface area (Å²) in [5, 5.41) is 0. The fourth-order valence-electron chi connectivity index (χ4n) is 1.06. The highest BCUT2D eigenvalue weighted by atomic mass is 16.5. The molecular formula is C10H20NO2+. The Kier molecular flexibility index (Phi) is 7.30. The topological polar surface area (TPSA) is 53.9 Å². The van der Waals surface area contributed by atoms with Gasteiger partial charge in [0.2, 0.25) is 0 Å². The van der Waals surface area contributed by atoms with E-state index in [0.717, 1.165) is 25.7 Å². The summed E-state index contributed by atoms with van der Waals surface area (Å²) in [6.45, 7) is 5.88. The molecule has 13 heavy (non-hydrogen) atoms. The predicted octanol–water partition coefficient (Wildman–Crippen LogP) is 0.906. The SMILES string of the molecule is C=CCCCC[C@H]([NH3+])C(=O)OCC. The van der Waals surface area contributed by atoms with Crippen molar-refractivity contribution >= 4 is 5.97 Å². The van der Waals surface area contributed by atoms with Gasteiger partial charge in [-0.2, -0.15) is 0 Å². The third kappa shape index (κ3) is 6.34. The molecule has 0 fully saturated rings. The first-order chi connectivity index (χ1) is 6.22. The lowest BCUT2D eigenvalue weighted by atomic mass is 10.1. The lowest BCUT2D eigenvalue weighted by molar-refractivity contribution is -0.409. The van der Waals surface area contributed by atoms with E-state index in [-0.39, 0.29) is 12.0 Å². The lowest BCUT2D eigenvalue weighted by Gasteiger charge is -2.06. The van der Waals surface area contributed by atoms with Crippen LogP contribution in [0.4, 0.5) is 0 Å². The zero-order chi connectivity index (χ0) is 10.1. The molecule has 0 aliphatic heterocycles. The van der Waals surface area contributed by atoms with Crippen molar-refractivity contribution in [1.29, 1.82) is 0 Å². The van der Waals surface area contributed by atoms with Crippen LogP contribution in [0.25, 0.3) is 0 Å². The Morgan fingerprint density at radius 3 is 2.85 bits per heavy atom. The minimum atomic E-state index is -0.204. The second kappa shape index (κ2) is 7.80. The number of esters is 1. The molecule has 0 amide bonds. The summed E-state index contributed by atoms with van der Waals surface area (Å²) in [6.07, 6.45) is 5.80. The van der Waals surface area contributed by atoms with E-state index in [1.165, 1.54) is 0 Å². The van der Waals surface area contributed by atoms with Gasteiger partial charge in [-0.05, 0) is 26.2 Å². The second-order valence-corrected chi connectivity index (χ2v) is 3.02. The van der Waals surface area contributed by atoms with Gasteiger partial charge in [0.25, 0.3) is 0 Å². The van der Waals surface area contributed by atoms with Gasteiger partial charge in [0, 0.05) is 6.42 Å². The third-order valence-electron chi connectivity index (χ3n) is 1.83. The smallest absolute Gasteiger partial charge is 0.364 e. The van der Waals surface area contributed by atoms with Crippen LogP contribution in [-0.2, 0) is 9.53 Å². The molecule has 0 unspecified atom stereocenters. The molecule has 0 rings (SSSR count). The van der Waals surface area contributed by atoms with Crippen molar-refractivity contribution in [3.63, 3.8) is 0 Å². The largest absolute Gasteiger partial charge is 0.462 e. The van der Waals surface area contributed by atoms with Crippen LogP contribution < -0.4 is 5.73 Å². The summed E-state index contributed by atoms with van der Waals surface area (Å²) < 4.78 is 4.84. The highest BCUT2D eigenvalue weighted by Gasteiger charge is 2.16. The molecule has 0 heterocycles. The van der Waals surface area contributed by atoms with Crippen LogP contribution in [0.15, 0.2) is 12.7 Å². The highest BCUT2D eigenvalue weighted by molar-refractivity contribution is 5.73. The minimum Gasteiger partial charge on any atom is -0.462 e. The van der Waals surface area contributed by atoms with E-state index < -0.39 is 0 Å². The van der Waals surface area contributed by atoms with Crippen molar-refractivity contribution in [1.82, 2.24) is 0 Å². The van der Waals surface area contributed by atoms with E-state index in [9.17, 15) is 4.79 Å². The molecule has 1 atom stereocenters. The zero-order valence-corrected chi connectivity index (χ0v) is 8.42. The van der Waals surface area contributed by atoms with Crippen LogP contribution in [0.5, 0.6) is 0 Å². The van der Waals surface area contributed by atoms with Crippen molar-refractivity contribution in [3.8, 4) is 0 Å². The summed E-state index contributed by atoms with van der Waals surface area (Å²) in [7, 11) is 0. The number of rotatable bonds is 7. The third-order valence-corrected chi connectivity index (χ3v) is 1.83. The molecule has 76 valence electrons. The summed E-state index contributed by atoms with van der Waals surface area (Å²) in [6, 6.07) is -0.204. The molecule has 0 bridgehead atoms. The van der Waals surface area contributed by atoms with Crippen LogP contribution in [0.2, 0.25) is 0 Å². The van der Waals surface area contributed by atoms with E-state index in [2.05, 4.69) is 12.3 Å². The fourth-order valence-corrected chi connectivity index (χ4v) is 1.06. The van der Waals surface area contributed by atoms with Gasteiger partial charge in [0.15, 0.2) is 6.04 Å². The van der Waals surface area contributed by atoms with Gasteiger partial charge in [0.05, 0.1) is 6.61 Å². The summed E-state index contributed by atoms with van der Waals surface area (Å²) in [5.41, 5.74) is 3.75. The maximum atomic E-state index is 11.1. The van der Waals surface area contributed by atoms with Crippen LogP contribution in [-0.4, -0.2) is 18.6 Å². The minimum absolute atomic E-state index is 0.180. The van der Waals surface area contributed by atoms with Crippen molar-refractivity contribution in [2.75, 3.05) is 6.61 Å². The van der Waals surface area contributed by atoms with Gasteiger partial charge in [-0.15, -0.1) is 6.58 Å². The number of hydrogen-bond acceptors (Lipinski definition) is 2. The van der Waals surface area contributed by atoms with Crippen LogP contribution in [0, 0.1) is 0 Å². The molecule has 0 aromatic rings. The number of unbranched alkanes of at least 4 members (excludes halogenated alkanes) is 2. The van der Waals surface area contributed by atoms with Gasteiger partial charge in [0.1, 0.15) is 0 Å². The van der Waals surface area contributed by atoms with Gasteiger partial charge in [-0.3, -0.25) is 0 Å². The lowest BCUT2D eigenvalue weighted by Crippen LogP contribution is -2.65. The first-order valence-corrected chi connectivity index (χ1v) is 4.83. The Morgan fingerprint density at radius 2 is 2.31 bits per heavy atom. The van der Waals surface area contributed by atoms with E-state index in [0.29, 0.717) is 6.61 Å². The van der Waals surface area contributed by atoms with Crippen molar-refractivity contribution in [2.24, 2.45) is 0 Å². The molecule has 0 aliphatic rings. The Labute approximate surface area is 79.9 Å². The molecule has 0 radical (unpaired) electrons. The van der Waals surface area contributed by atoms with E-state index in [4.69, 9.17) is 4.74 Å². The van der Waals surface area contributed by atoms with Crippen LogP contribution >= 0.6 is 0 Å². The van der Waals surface area contributed by atoms with Gasteiger partial charge < -0.3 is 10.5 Å². The first-order valence-electron chi connectivity index (χ1n) is 4.83.